The molecule has 0 aliphatic heterocycles. The number of carbonyl (C=O) groups excluding carboxylic acids is 1. The first-order valence-electron chi connectivity index (χ1n) is 8.87. The number of hydrogen-bond acceptors (Lipinski definition) is 4. The molecule has 6 nitrogen and oxygen atoms in total. The fourth-order valence-corrected chi connectivity index (χ4v) is 3.16. The van der Waals surface area contributed by atoms with Crippen molar-refractivity contribution in [2.24, 2.45) is 0 Å². The van der Waals surface area contributed by atoms with Crippen LogP contribution in [0.15, 0.2) is 51.7 Å². The van der Waals surface area contributed by atoms with E-state index in [2.05, 4.69) is 20.9 Å². The molecule has 0 unspecified atom stereocenters. The molecule has 2 aromatic carbocycles. The van der Waals surface area contributed by atoms with Gasteiger partial charge in [0.05, 0.1) is 5.69 Å². The summed E-state index contributed by atoms with van der Waals surface area (Å²) in [7, 11) is 3.31. The lowest BCUT2D eigenvalue weighted by atomic mass is 10.2. The Balaban J connectivity index is 1.89. The zero-order chi connectivity index (χ0) is 22.0. The predicted octanol–water partition coefficient (Wildman–Crippen LogP) is 3.86. The first kappa shape index (κ1) is 21.6. The van der Waals surface area contributed by atoms with E-state index in [1.165, 1.54) is 15.5 Å². The molecule has 0 radical (unpaired) electrons. The van der Waals surface area contributed by atoms with Gasteiger partial charge in [-0.05, 0) is 59.3 Å². The van der Waals surface area contributed by atoms with Crippen LogP contribution in [0.1, 0.15) is 21.7 Å². The fraction of sp³-hybridized carbons (Fsp3) is 0.190. The SMILES string of the molecule is Cc1nc(OCc2ccc(F)cc2F)c(Br)c(=O)n1-c1ccc(C(=O)N(C)C)cc1. The van der Waals surface area contributed by atoms with E-state index in [1.54, 1.807) is 45.3 Å². The summed E-state index contributed by atoms with van der Waals surface area (Å²) in [6.45, 7) is 1.40. The third kappa shape index (κ3) is 4.40. The monoisotopic (exact) mass is 477 g/mol. The summed E-state index contributed by atoms with van der Waals surface area (Å²) in [6, 6.07) is 9.69. The molecule has 0 bridgehead atoms. The normalized spacial score (nSPS) is 10.7. The van der Waals surface area contributed by atoms with Crippen LogP contribution in [0.3, 0.4) is 0 Å². The van der Waals surface area contributed by atoms with Gasteiger partial charge in [-0.2, -0.15) is 4.98 Å². The van der Waals surface area contributed by atoms with Gasteiger partial charge < -0.3 is 9.64 Å². The molecule has 0 aliphatic carbocycles. The third-order valence-corrected chi connectivity index (χ3v) is 5.00. The molecule has 9 heteroatoms. The van der Waals surface area contributed by atoms with Crippen molar-refractivity contribution < 1.29 is 18.3 Å². The number of nitrogens with zero attached hydrogens (tertiary/aromatic N) is 3. The van der Waals surface area contributed by atoms with E-state index in [0.717, 1.165) is 12.1 Å². The second kappa shape index (κ2) is 8.74. The number of amides is 1. The molecule has 1 heterocycles. The van der Waals surface area contributed by atoms with Gasteiger partial charge in [0.2, 0.25) is 5.88 Å². The van der Waals surface area contributed by atoms with Crippen LogP contribution in [0, 0.1) is 18.6 Å². The molecule has 0 spiro atoms. The Morgan fingerprint density at radius 3 is 2.43 bits per heavy atom. The van der Waals surface area contributed by atoms with Gasteiger partial charge in [0.25, 0.3) is 11.5 Å². The molecule has 0 atom stereocenters. The topological polar surface area (TPSA) is 64.4 Å². The van der Waals surface area contributed by atoms with Gasteiger partial charge >= 0.3 is 0 Å². The Hall–Kier alpha value is -3.07. The fourth-order valence-electron chi connectivity index (χ4n) is 2.78. The summed E-state index contributed by atoms with van der Waals surface area (Å²) in [5.41, 5.74) is 0.719. The van der Waals surface area contributed by atoms with Crippen LogP contribution >= 0.6 is 15.9 Å². The minimum atomic E-state index is -0.747. The minimum Gasteiger partial charge on any atom is -0.472 e. The average molecular weight is 478 g/mol. The minimum absolute atomic E-state index is 0.00289. The summed E-state index contributed by atoms with van der Waals surface area (Å²) >= 11 is 3.19. The van der Waals surface area contributed by atoms with Crippen molar-refractivity contribution in [3.8, 4) is 11.6 Å². The number of benzene rings is 2. The lowest BCUT2D eigenvalue weighted by Crippen LogP contribution is -2.24. The number of ether oxygens (including phenoxy) is 1. The average Bonchev–Trinajstić information content (AvgIpc) is 2.70. The standard InChI is InChI=1S/C21H18BrF2N3O3/c1-12-25-19(30-11-14-4-7-15(23)10-17(14)24)18(22)21(29)27(12)16-8-5-13(6-9-16)20(28)26(2)3/h4-10H,11H2,1-3H3. The zero-order valence-corrected chi connectivity index (χ0v) is 18.0. The number of aromatic nitrogens is 2. The van der Waals surface area contributed by atoms with Crippen molar-refractivity contribution in [1.29, 1.82) is 0 Å². The van der Waals surface area contributed by atoms with Crippen molar-refractivity contribution in [2.45, 2.75) is 13.5 Å². The second-order valence-electron chi connectivity index (χ2n) is 6.69. The molecule has 0 saturated carbocycles. The van der Waals surface area contributed by atoms with Crippen LogP contribution in [-0.2, 0) is 6.61 Å². The van der Waals surface area contributed by atoms with E-state index in [4.69, 9.17) is 4.74 Å². The van der Waals surface area contributed by atoms with Gasteiger partial charge in [-0.15, -0.1) is 0 Å². The molecule has 0 fully saturated rings. The van der Waals surface area contributed by atoms with Crippen molar-refractivity contribution in [3.05, 3.63) is 85.9 Å². The molecule has 0 aliphatic rings. The first-order chi connectivity index (χ1) is 14.2. The molecule has 1 amide bonds. The number of aryl methyl sites for hydroxylation is 1. The molecular formula is C21H18BrF2N3O3. The van der Waals surface area contributed by atoms with Gasteiger partial charge in [0.1, 0.15) is 28.5 Å². The molecule has 0 saturated heterocycles. The van der Waals surface area contributed by atoms with Gasteiger partial charge in [-0.1, -0.05) is 0 Å². The maximum Gasteiger partial charge on any atom is 0.276 e. The van der Waals surface area contributed by atoms with Crippen LogP contribution < -0.4 is 10.3 Å². The molecule has 0 N–H and O–H groups in total. The molecular weight excluding hydrogens is 460 g/mol. The van der Waals surface area contributed by atoms with Gasteiger partial charge in [0.15, 0.2) is 0 Å². The lowest BCUT2D eigenvalue weighted by Gasteiger charge is -2.15. The van der Waals surface area contributed by atoms with Crippen molar-refractivity contribution in [1.82, 2.24) is 14.5 Å². The Kier molecular flexibility index (Phi) is 6.31. The largest absolute Gasteiger partial charge is 0.472 e. The Morgan fingerprint density at radius 1 is 1.17 bits per heavy atom. The van der Waals surface area contributed by atoms with E-state index >= 15 is 0 Å². The smallest absolute Gasteiger partial charge is 0.276 e. The van der Waals surface area contributed by atoms with Crippen LogP contribution in [0.4, 0.5) is 8.78 Å². The molecule has 3 rings (SSSR count). The van der Waals surface area contributed by atoms with Gasteiger partial charge in [-0.3, -0.25) is 14.2 Å². The van der Waals surface area contributed by atoms with E-state index in [-0.39, 0.29) is 28.4 Å². The summed E-state index contributed by atoms with van der Waals surface area (Å²) < 4.78 is 33.7. The first-order valence-corrected chi connectivity index (χ1v) is 9.66. The maximum absolute atomic E-state index is 13.8. The van der Waals surface area contributed by atoms with Crippen LogP contribution in [0.5, 0.6) is 5.88 Å². The highest BCUT2D eigenvalue weighted by atomic mass is 79.9. The molecule has 1 aromatic heterocycles. The number of hydrogen-bond donors (Lipinski definition) is 0. The van der Waals surface area contributed by atoms with E-state index in [9.17, 15) is 18.4 Å². The van der Waals surface area contributed by atoms with E-state index in [1.807, 2.05) is 0 Å². The van der Waals surface area contributed by atoms with Crippen molar-refractivity contribution >= 4 is 21.8 Å². The van der Waals surface area contributed by atoms with E-state index < -0.39 is 17.2 Å². The number of halogens is 3. The third-order valence-electron chi connectivity index (χ3n) is 4.32. The predicted molar refractivity (Wildman–Crippen MR) is 111 cm³/mol. The van der Waals surface area contributed by atoms with Crippen LogP contribution in [0.25, 0.3) is 5.69 Å². The van der Waals surface area contributed by atoms with Gasteiger partial charge in [0, 0.05) is 31.3 Å². The summed E-state index contributed by atoms with van der Waals surface area (Å²) in [4.78, 5) is 30.6. The van der Waals surface area contributed by atoms with Crippen molar-refractivity contribution in [3.63, 3.8) is 0 Å². The van der Waals surface area contributed by atoms with Crippen LogP contribution in [0.2, 0.25) is 0 Å². The Labute approximate surface area is 179 Å². The molecule has 156 valence electrons. The van der Waals surface area contributed by atoms with Crippen LogP contribution in [-0.4, -0.2) is 34.5 Å². The Morgan fingerprint density at radius 2 is 1.83 bits per heavy atom. The Bertz CT molecular complexity index is 1160. The highest BCUT2D eigenvalue weighted by Crippen LogP contribution is 2.22. The zero-order valence-electron chi connectivity index (χ0n) is 16.4. The van der Waals surface area contributed by atoms with Gasteiger partial charge in [-0.25, -0.2) is 8.78 Å². The van der Waals surface area contributed by atoms with Crippen molar-refractivity contribution in [2.75, 3.05) is 14.1 Å². The lowest BCUT2D eigenvalue weighted by molar-refractivity contribution is 0.0827. The number of rotatable bonds is 5. The highest BCUT2D eigenvalue weighted by Gasteiger charge is 2.17. The summed E-state index contributed by atoms with van der Waals surface area (Å²) in [5, 5.41) is 0. The molecule has 3 aromatic rings. The van der Waals surface area contributed by atoms with E-state index in [0.29, 0.717) is 17.1 Å². The second-order valence-corrected chi connectivity index (χ2v) is 7.48. The maximum atomic E-state index is 13.8. The highest BCUT2D eigenvalue weighted by molar-refractivity contribution is 9.10. The number of carbonyl (C=O) groups is 1. The quantitative estimate of drug-likeness (QED) is 0.559. The summed E-state index contributed by atoms with van der Waals surface area (Å²) in [6.07, 6.45) is 0. The summed E-state index contributed by atoms with van der Waals surface area (Å²) in [5.74, 6) is -1.25. The molecule has 30 heavy (non-hydrogen) atoms.